The monoisotopic (exact) mass is 388 g/mol. The molecule has 1 aromatic carbocycles. The topological polar surface area (TPSA) is 57.2 Å². The van der Waals surface area contributed by atoms with Gasteiger partial charge in [-0.15, -0.1) is 12.3 Å². The van der Waals surface area contributed by atoms with Gasteiger partial charge in [0, 0.05) is 6.42 Å². The van der Waals surface area contributed by atoms with Crippen LogP contribution in [0.3, 0.4) is 0 Å². The molecule has 0 spiro atoms. The second-order valence-electron chi connectivity index (χ2n) is 7.66. The summed E-state index contributed by atoms with van der Waals surface area (Å²) in [5, 5.41) is 9.79. The first-order chi connectivity index (χ1) is 13.3. The van der Waals surface area contributed by atoms with Crippen LogP contribution in [0.4, 0.5) is 0 Å². The minimum absolute atomic E-state index is 0.00602. The summed E-state index contributed by atoms with van der Waals surface area (Å²) in [5.74, 6) is 2.73. The Morgan fingerprint density at radius 1 is 1.21 bits per heavy atom. The molecule has 0 saturated carbocycles. The molecule has 5 atom stereocenters. The Morgan fingerprint density at radius 2 is 1.89 bits per heavy atom. The molecule has 1 N–H and O–H groups in total. The molecule has 0 radical (unpaired) electrons. The largest absolute Gasteiger partial charge is 0.497 e. The number of hydrogen-bond acceptors (Lipinski definition) is 5. The van der Waals surface area contributed by atoms with Crippen molar-refractivity contribution in [2.75, 3.05) is 7.11 Å². The van der Waals surface area contributed by atoms with Gasteiger partial charge in [-0.05, 0) is 44.4 Å². The highest BCUT2D eigenvalue weighted by molar-refractivity contribution is 5.26. The summed E-state index contributed by atoms with van der Waals surface area (Å²) in [7, 11) is 1.64. The maximum Gasteiger partial charge on any atom is 0.163 e. The molecule has 5 nitrogen and oxygen atoms in total. The first-order valence-electron chi connectivity index (χ1n) is 9.65. The van der Waals surface area contributed by atoms with Gasteiger partial charge in [0.15, 0.2) is 5.79 Å². The van der Waals surface area contributed by atoms with Crippen molar-refractivity contribution < 1.29 is 24.1 Å². The quantitative estimate of drug-likeness (QED) is 0.516. The van der Waals surface area contributed by atoms with E-state index in [-0.39, 0.29) is 24.2 Å². The number of terminal acetylenes is 1. The lowest BCUT2D eigenvalue weighted by Crippen LogP contribution is -2.36. The smallest absolute Gasteiger partial charge is 0.163 e. The molecule has 1 aromatic rings. The Labute approximate surface area is 168 Å². The van der Waals surface area contributed by atoms with E-state index in [0.717, 1.165) is 11.3 Å². The molecule has 1 saturated heterocycles. The molecule has 1 aliphatic heterocycles. The first kappa shape index (κ1) is 22.4. The van der Waals surface area contributed by atoms with Crippen LogP contribution in [0.25, 0.3) is 0 Å². The molecule has 0 aromatic heterocycles. The fourth-order valence-electron chi connectivity index (χ4n) is 3.04. The number of hydrogen-bond donors (Lipinski definition) is 1. The summed E-state index contributed by atoms with van der Waals surface area (Å²) in [6.07, 6.45) is 8.46. The Morgan fingerprint density at radius 3 is 2.46 bits per heavy atom. The van der Waals surface area contributed by atoms with Crippen molar-refractivity contribution in [2.24, 2.45) is 5.92 Å². The third-order valence-electron chi connectivity index (χ3n) is 4.83. The number of methoxy groups -OCH3 is 1. The Hall–Kier alpha value is -1.84. The van der Waals surface area contributed by atoms with Gasteiger partial charge in [0.2, 0.25) is 0 Å². The average molecular weight is 389 g/mol. The van der Waals surface area contributed by atoms with Crippen LogP contribution >= 0.6 is 0 Å². The molecule has 1 aliphatic rings. The first-order valence-corrected chi connectivity index (χ1v) is 9.65. The van der Waals surface area contributed by atoms with Crippen LogP contribution in [0.15, 0.2) is 36.4 Å². The molecule has 0 amide bonds. The van der Waals surface area contributed by atoms with E-state index in [2.05, 4.69) is 5.92 Å². The zero-order valence-corrected chi connectivity index (χ0v) is 17.4. The number of ether oxygens (including phenoxy) is 4. The predicted molar refractivity (Wildman–Crippen MR) is 109 cm³/mol. The van der Waals surface area contributed by atoms with E-state index in [1.165, 1.54) is 0 Å². The summed E-state index contributed by atoms with van der Waals surface area (Å²) in [6.45, 7) is 7.88. The lowest BCUT2D eigenvalue weighted by molar-refractivity contribution is -0.156. The summed E-state index contributed by atoms with van der Waals surface area (Å²) >= 11 is 0. The van der Waals surface area contributed by atoms with Crippen molar-refractivity contribution >= 4 is 0 Å². The van der Waals surface area contributed by atoms with Crippen molar-refractivity contribution in [3.63, 3.8) is 0 Å². The SMILES string of the molecule is C#CC[C@@H]1OC(C)(C)O[C@@H]1[C@@H](C=C[C@@H](C)[C@H](C)O)OCc1ccc(OC)cc1. The fraction of sp³-hybridized carbons (Fsp3) is 0.565. The number of aliphatic hydroxyl groups is 1. The molecular formula is C23H32O5. The van der Waals surface area contributed by atoms with Crippen molar-refractivity contribution in [1.82, 2.24) is 0 Å². The molecule has 5 heteroatoms. The van der Waals surface area contributed by atoms with Crippen molar-refractivity contribution in [3.8, 4) is 18.1 Å². The number of benzene rings is 1. The van der Waals surface area contributed by atoms with Crippen molar-refractivity contribution in [2.45, 2.75) is 70.9 Å². The third kappa shape index (κ3) is 6.35. The zero-order valence-electron chi connectivity index (χ0n) is 17.4. The van der Waals surface area contributed by atoms with E-state index in [0.29, 0.717) is 13.0 Å². The second kappa shape index (κ2) is 10.1. The summed E-state index contributed by atoms with van der Waals surface area (Å²) in [4.78, 5) is 0. The highest BCUT2D eigenvalue weighted by atomic mass is 16.8. The average Bonchev–Trinajstić information content (AvgIpc) is 2.96. The lowest BCUT2D eigenvalue weighted by Gasteiger charge is -2.25. The van der Waals surface area contributed by atoms with Gasteiger partial charge in [-0.25, -0.2) is 0 Å². The fourth-order valence-corrected chi connectivity index (χ4v) is 3.04. The van der Waals surface area contributed by atoms with Crippen LogP contribution in [-0.4, -0.2) is 42.4 Å². The standard InChI is InChI=1S/C23H32O5/c1-7-8-21-22(28-23(4,5)27-21)20(14-9-16(2)17(3)24)26-15-18-10-12-19(25-6)13-11-18/h1,9-14,16-17,20-22,24H,8,15H2,2-6H3/t16-,17+,20-,21+,22-/m1/s1. The number of rotatable bonds is 9. The van der Waals surface area contributed by atoms with Crippen LogP contribution in [0.2, 0.25) is 0 Å². The summed E-state index contributed by atoms with van der Waals surface area (Å²) in [5.41, 5.74) is 1.02. The maximum absolute atomic E-state index is 9.79. The van der Waals surface area contributed by atoms with Crippen LogP contribution in [0, 0.1) is 18.3 Å². The zero-order chi connectivity index (χ0) is 20.7. The van der Waals surface area contributed by atoms with Crippen LogP contribution in [0.1, 0.15) is 39.7 Å². The molecule has 28 heavy (non-hydrogen) atoms. The van der Waals surface area contributed by atoms with E-state index in [9.17, 15) is 5.11 Å². The van der Waals surface area contributed by atoms with E-state index < -0.39 is 11.9 Å². The van der Waals surface area contributed by atoms with E-state index >= 15 is 0 Å². The van der Waals surface area contributed by atoms with E-state index in [1.807, 2.05) is 57.2 Å². The van der Waals surface area contributed by atoms with Crippen molar-refractivity contribution in [3.05, 3.63) is 42.0 Å². The molecule has 154 valence electrons. The number of aliphatic hydroxyl groups excluding tert-OH is 1. The predicted octanol–water partition coefficient (Wildman–Crippen LogP) is 3.70. The molecule has 1 fully saturated rings. The van der Waals surface area contributed by atoms with Gasteiger partial charge >= 0.3 is 0 Å². The van der Waals surface area contributed by atoms with Crippen molar-refractivity contribution in [1.29, 1.82) is 0 Å². The minimum Gasteiger partial charge on any atom is -0.497 e. The normalized spacial score (nSPS) is 24.6. The molecule has 1 heterocycles. The van der Waals surface area contributed by atoms with Gasteiger partial charge in [0.1, 0.15) is 24.1 Å². The van der Waals surface area contributed by atoms with E-state index in [1.54, 1.807) is 14.0 Å². The molecular weight excluding hydrogens is 356 g/mol. The Balaban J connectivity index is 2.16. The summed E-state index contributed by atoms with van der Waals surface area (Å²) < 4.78 is 23.5. The highest BCUT2D eigenvalue weighted by Crippen LogP contribution is 2.33. The Bertz CT molecular complexity index is 671. The van der Waals surface area contributed by atoms with Gasteiger partial charge in [-0.3, -0.25) is 0 Å². The van der Waals surface area contributed by atoms with Gasteiger partial charge in [0.05, 0.1) is 19.8 Å². The summed E-state index contributed by atoms with van der Waals surface area (Å²) in [6, 6.07) is 7.73. The second-order valence-corrected chi connectivity index (χ2v) is 7.66. The lowest BCUT2D eigenvalue weighted by atomic mass is 10.0. The molecule has 0 unspecified atom stereocenters. The molecule has 0 bridgehead atoms. The Kier molecular flexibility index (Phi) is 8.09. The minimum atomic E-state index is -0.725. The molecule has 2 rings (SSSR count). The van der Waals surface area contributed by atoms with Gasteiger partial charge < -0.3 is 24.1 Å². The maximum atomic E-state index is 9.79. The van der Waals surface area contributed by atoms with Crippen LogP contribution in [0.5, 0.6) is 5.75 Å². The third-order valence-corrected chi connectivity index (χ3v) is 4.83. The highest BCUT2D eigenvalue weighted by Gasteiger charge is 2.44. The van der Waals surface area contributed by atoms with Crippen LogP contribution in [-0.2, 0) is 20.8 Å². The van der Waals surface area contributed by atoms with E-state index in [4.69, 9.17) is 25.4 Å². The van der Waals surface area contributed by atoms with Gasteiger partial charge in [-0.2, -0.15) is 0 Å². The van der Waals surface area contributed by atoms with Gasteiger partial charge in [-0.1, -0.05) is 31.2 Å². The van der Waals surface area contributed by atoms with Gasteiger partial charge in [0.25, 0.3) is 0 Å². The molecule has 0 aliphatic carbocycles. The van der Waals surface area contributed by atoms with Crippen LogP contribution < -0.4 is 4.74 Å².